The molecule has 15 heavy (non-hydrogen) atoms. The predicted molar refractivity (Wildman–Crippen MR) is 61.4 cm³/mol. The molecule has 0 fully saturated rings. The summed E-state index contributed by atoms with van der Waals surface area (Å²) in [7, 11) is -3.31. The fraction of sp³-hybridized carbons (Fsp3) is 0.900. The molecular weight excluding hydrogens is 214 g/mol. The van der Waals surface area contributed by atoms with Crippen LogP contribution in [0.15, 0.2) is 0 Å². The number of nitrogens with zero attached hydrogens (tertiary/aromatic N) is 1. The maximum Gasteiger partial charge on any atom is 0.241 e. The monoisotopic (exact) mass is 235 g/mol. The Morgan fingerprint density at radius 1 is 1.00 bits per heavy atom. The molecule has 0 rings (SSSR count). The van der Waals surface area contributed by atoms with Crippen molar-refractivity contribution >= 4 is 15.7 Å². The maximum absolute atomic E-state index is 11.9. The second-order valence-electron chi connectivity index (χ2n) is 4.40. The van der Waals surface area contributed by atoms with Crippen molar-refractivity contribution in [3.05, 3.63) is 0 Å². The largest absolute Gasteiger partial charge is 0.337 e. The van der Waals surface area contributed by atoms with E-state index in [1.165, 1.54) is 6.92 Å². The van der Waals surface area contributed by atoms with Crippen LogP contribution in [0.1, 0.15) is 34.6 Å². The Hall–Kier alpha value is -0.580. The van der Waals surface area contributed by atoms with Crippen molar-refractivity contribution in [2.45, 2.75) is 52.0 Å². The second-order valence-corrected chi connectivity index (χ2v) is 6.77. The van der Waals surface area contributed by atoms with Gasteiger partial charge < -0.3 is 4.90 Å². The highest BCUT2D eigenvalue weighted by molar-refractivity contribution is 7.92. The van der Waals surface area contributed by atoms with Crippen molar-refractivity contribution in [2.75, 3.05) is 6.26 Å². The van der Waals surface area contributed by atoms with E-state index < -0.39 is 15.1 Å². The Morgan fingerprint density at radius 2 is 1.33 bits per heavy atom. The quantitative estimate of drug-likeness (QED) is 0.732. The van der Waals surface area contributed by atoms with Crippen LogP contribution < -0.4 is 0 Å². The van der Waals surface area contributed by atoms with Crippen molar-refractivity contribution in [3.8, 4) is 0 Å². The third-order valence-corrected chi connectivity index (χ3v) is 3.84. The van der Waals surface area contributed by atoms with Gasteiger partial charge in [-0.15, -0.1) is 0 Å². The zero-order chi connectivity index (χ0) is 12.4. The lowest BCUT2D eigenvalue weighted by Gasteiger charge is -2.32. The van der Waals surface area contributed by atoms with Crippen LogP contribution in [0.2, 0.25) is 0 Å². The molecule has 0 aromatic rings. The van der Waals surface area contributed by atoms with E-state index in [0.29, 0.717) is 0 Å². The molecule has 0 aromatic carbocycles. The molecule has 0 spiro atoms. The van der Waals surface area contributed by atoms with Gasteiger partial charge in [-0.3, -0.25) is 4.79 Å². The molecule has 4 nitrogen and oxygen atoms in total. The molecule has 0 aliphatic carbocycles. The molecule has 1 atom stereocenters. The standard InChI is InChI=1S/C10H21NO3S/c1-7(2)11(8(3)4)10(12)9(5)15(6,13)14/h7-9H,1-6H3. The van der Waals surface area contributed by atoms with Gasteiger partial charge in [-0.25, -0.2) is 8.42 Å². The molecule has 0 saturated carbocycles. The van der Waals surface area contributed by atoms with Crippen LogP contribution in [0.3, 0.4) is 0 Å². The summed E-state index contributed by atoms with van der Waals surface area (Å²) >= 11 is 0. The van der Waals surface area contributed by atoms with Crippen molar-refractivity contribution in [1.82, 2.24) is 4.90 Å². The Bertz CT molecular complexity index is 312. The average Bonchev–Trinajstić information content (AvgIpc) is 1.99. The number of carbonyl (C=O) groups excluding carboxylic acids is 1. The van der Waals surface area contributed by atoms with Crippen LogP contribution in [0.4, 0.5) is 0 Å². The average molecular weight is 235 g/mol. The number of carbonyl (C=O) groups is 1. The summed E-state index contributed by atoms with van der Waals surface area (Å²) in [5.74, 6) is -0.317. The van der Waals surface area contributed by atoms with E-state index >= 15 is 0 Å². The molecule has 0 saturated heterocycles. The molecule has 0 radical (unpaired) electrons. The van der Waals surface area contributed by atoms with E-state index in [9.17, 15) is 13.2 Å². The van der Waals surface area contributed by atoms with Crippen LogP contribution in [0.5, 0.6) is 0 Å². The zero-order valence-electron chi connectivity index (χ0n) is 10.3. The first-order chi connectivity index (χ1) is 6.59. The summed E-state index contributed by atoms with van der Waals surface area (Å²) in [6.45, 7) is 8.97. The molecule has 0 N–H and O–H groups in total. The van der Waals surface area contributed by atoms with Gasteiger partial charge in [0.25, 0.3) is 0 Å². The smallest absolute Gasteiger partial charge is 0.241 e. The summed E-state index contributed by atoms with van der Waals surface area (Å²) < 4.78 is 22.5. The van der Waals surface area contributed by atoms with Crippen molar-refractivity contribution < 1.29 is 13.2 Å². The first-order valence-corrected chi connectivity index (χ1v) is 7.05. The SMILES string of the molecule is CC(C)N(C(=O)C(C)S(C)(=O)=O)C(C)C. The minimum absolute atomic E-state index is 0.0155. The number of hydrogen-bond acceptors (Lipinski definition) is 3. The van der Waals surface area contributed by atoms with E-state index in [4.69, 9.17) is 0 Å². The summed E-state index contributed by atoms with van der Waals surface area (Å²) in [5.41, 5.74) is 0. The third kappa shape index (κ3) is 3.81. The second kappa shape index (κ2) is 4.96. The van der Waals surface area contributed by atoms with Crippen molar-refractivity contribution in [2.24, 2.45) is 0 Å². The van der Waals surface area contributed by atoms with Gasteiger partial charge in [0, 0.05) is 18.3 Å². The number of rotatable bonds is 4. The lowest BCUT2D eigenvalue weighted by Crippen LogP contribution is -2.48. The predicted octanol–water partition coefficient (Wildman–Crippen LogP) is 1.06. The number of amides is 1. The highest BCUT2D eigenvalue weighted by Gasteiger charge is 2.30. The van der Waals surface area contributed by atoms with E-state index in [2.05, 4.69) is 0 Å². The Labute approximate surface area is 92.6 Å². The summed E-state index contributed by atoms with van der Waals surface area (Å²) in [6.07, 6.45) is 1.09. The van der Waals surface area contributed by atoms with E-state index in [1.807, 2.05) is 27.7 Å². The number of hydrogen-bond donors (Lipinski definition) is 0. The van der Waals surface area contributed by atoms with E-state index in [1.54, 1.807) is 4.90 Å². The van der Waals surface area contributed by atoms with Gasteiger partial charge in [0.1, 0.15) is 5.25 Å². The summed E-state index contributed by atoms with van der Waals surface area (Å²) in [4.78, 5) is 13.5. The van der Waals surface area contributed by atoms with Crippen LogP contribution in [-0.2, 0) is 14.6 Å². The molecule has 0 heterocycles. The van der Waals surface area contributed by atoms with Gasteiger partial charge in [0.05, 0.1) is 0 Å². The maximum atomic E-state index is 11.9. The minimum atomic E-state index is -3.31. The van der Waals surface area contributed by atoms with Crippen LogP contribution in [0, 0.1) is 0 Å². The zero-order valence-corrected chi connectivity index (χ0v) is 11.1. The Balaban J connectivity index is 4.97. The van der Waals surface area contributed by atoms with Gasteiger partial charge in [0.15, 0.2) is 9.84 Å². The third-order valence-electron chi connectivity index (χ3n) is 2.36. The molecule has 5 heteroatoms. The first-order valence-electron chi connectivity index (χ1n) is 5.10. The van der Waals surface area contributed by atoms with Gasteiger partial charge >= 0.3 is 0 Å². The lowest BCUT2D eigenvalue weighted by atomic mass is 10.2. The molecule has 0 aliphatic heterocycles. The fourth-order valence-corrected chi connectivity index (χ4v) is 1.99. The topological polar surface area (TPSA) is 54.5 Å². The van der Waals surface area contributed by atoms with Crippen molar-refractivity contribution in [1.29, 1.82) is 0 Å². The lowest BCUT2D eigenvalue weighted by molar-refractivity contribution is -0.133. The highest BCUT2D eigenvalue weighted by Crippen LogP contribution is 2.11. The van der Waals surface area contributed by atoms with E-state index in [-0.39, 0.29) is 18.0 Å². The van der Waals surface area contributed by atoms with E-state index in [0.717, 1.165) is 6.26 Å². The van der Waals surface area contributed by atoms with Crippen LogP contribution in [-0.4, -0.2) is 42.8 Å². The summed E-state index contributed by atoms with van der Waals surface area (Å²) in [5, 5.41) is -0.956. The minimum Gasteiger partial charge on any atom is -0.337 e. The molecule has 0 bridgehead atoms. The summed E-state index contributed by atoms with van der Waals surface area (Å²) in [6, 6.07) is 0.0309. The molecular formula is C10H21NO3S. The van der Waals surface area contributed by atoms with Gasteiger partial charge in [0.2, 0.25) is 5.91 Å². The highest BCUT2D eigenvalue weighted by atomic mass is 32.2. The first kappa shape index (κ1) is 14.4. The van der Waals surface area contributed by atoms with Gasteiger partial charge in [-0.2, -0.15) is 0 Å². The van der Waals surface area contributed by atoms with Crippen LogP contribution >= 0.6 is 0 Å². The Morgan fingerprint density at radius 3 is 1.53 bits per heavy atom. The molecule has 90 valence electrons. The van der Waals surface area contributed by atoms with Gasteiger partial charge in [-0.1, -0.05) is 0 Å². The molecule has 1 amide bonds. The fourth-order valence-electron chi connectivity index (χ4n) is 1.50. The molecule has 0 aliphatic rings. The molecule has 1 unspecified atom stereocenters. The van der Waals surface area contributed by atoms with Crippen LogP contribution in [0.25, 0.3) is 0 Å². The van der Waals surface area contributed by atoms with Crippen molar-refractivity contribution in [3.63, 3.8) is 0 Å². The Kier molecular flexibility index (Phi) is 4.77. The van der Waals surface area contributed by atoms with Gasteiger partial charge in [-0.05, 0) is 34.6 Å². The molecule has 0 aromatic heterocycles. The number of sulfone groups is 1. The normalized spacial score (nSPS) is 14.4.